The number of aliphatic hydroxyl groups is 1. The van der Waals surface area contributed by atoms with Crippen LogP contribution in [0.25, 0.3) is 0 Å². The van der Waals surface area contributed by atoms with Crippen LogP contribution in [0.1, 0.15) is 49.5 Å². The summed E-state index contributed by atoms with van der Waals surface area (Å²) in [5.74, 6) is 1.28. The van der Waals surface area contributed by atoms with Gasteiger partial charge in [0.2, 0.25) is 0 Å². The number of likely N-dealkylation sites (N-methyl/N-ethyl adjacent to an activating group) is 1. The molecule has 0 saturated heterocycles. The molecule has 1 atom stereocenters. The van der Waals surface area contributed by atoms with Gasteiger partial charge in [0.1, 0.15) is 5.75 Å². The maximum absolute atomic E-state index is 10.2. The fourth-order valence-corrected chi connectivity index (χ4v) is 2.09. The Morgan fingerprint density at radius 1 is 1.28 bits per heavy atom. The number of benzene rings is 1. The standard InChI is InChI=1S/C15H25NO2/c1-6-16-9-14(17)13-8-12(10(2)3)15(18-5)7-11(13)4/h7-8,10,14,16-17H,6,9H2,1-5H3. The van der Waals surface area contributed by atoms with E-state index in [1.165, 1.54) is 0 Å². The third kappa shape index (κ3) is 3.47. The summed E-state index contributed by atoms with van der Waals surface area (Å²) in [6, 6.07) is 4.08. The van der Waals surface area contributed by atoms with E-state index in [-0.39, 0.29) is 0 Å². The molecule has 0 saturated carbocycles. The highest BCUT2D eigenvalue weighted by molar-refractivity contribution is 5.44. The maximum Gasteiger partial charge on any atom is 0.122 e. The van der Waals surface area contributed by atoms with Crippen molar-refractivity contribution in [1.29, 1.82) is 0 Å². The van der Waals surface area contributed by atoms with Crippen molar-refractivity contribution in [2.24, 2.45) is 0 Å². The Kier molecular flexibility index (Phi) is 5.63. The Morgan fingerprint density at radius 3 is 2.44 bits per heavy atom. The summed E-state index contributed by atoms with van der Waals surface area (Å²) in [6.07, 6.45) is -0.464. The van der Waals surface area contributed by atoms with Gasteiger partial charge in [-0.25, -0.2) is 0 Å². The molecule has 0 spiro atoms. The molecule has 0 heterocycles. The van der Waals surface area contributed by atoms with Crippen molar-refractivity contribution in [1.82, 2.24) is 5.32 Å². The van der Waals surface area contributed by atoms with Crippen LogP contribution in [-0.4, -0.2) is 25.3 Å². The van der Waals surface area contributed by atoms with E-state index >= 15 is 0 Å². The first-order valence-electron chi connectivity index (χ1n) is 6.58. The predicted octanol–water partition coefficient (Wildman–Crippen LogP) is 2.77. The minimum Gasteiger partial charge on any atom is -0.496 e. The van der Waals surface area contributed by atoms with E-state index in [0.29, 0.717) is 12.5 Å². The van der Waals surface area contributed by atoms with Crippen LogP contribution in [0.3, 0.4) is 0 Å². The lowest BCUT2D eigenvalue weighted by molar-refractivity contribution is 0.174. The lowest BCUT2D eigenvalue weighted by Crippen LogP contribution is -2.21. The minimum absolute atomic E-state index is 0.380. The van der Waals surface area contributed by atoms with E-state index in [9.17, 15) is 5.11 Å². The van der Waals surface area contributed by atoms with Crippen molar-refractivity contribution in [3.63, 3.8) is 0 Å². The van der Waals surface area contributed by atoms with Gasteiger partial charge in [-0.15, -0.1) is 0 Å². The summed E-state index contributed by atoms with van der Waals surface area (Å²) < 4.78 is 5.41. The molecule has 1 aromatic carbocycles. The summed E-state index contributed by atoms with van der Waals surface area (Å²) in [7, 11) is 1.69. The van der Waals surface area contributed by atoms with E-state index in [1.807, 2.05) is 19.9 Å². The number of methoxy groups -OCH3 is 1. The minimum atomic E-state index is -0.464. The molecule has 0 bridgehead atoms. The zero-order valence-corrected chi connectivity index (χ0v) is 12.1. The number of ether oxygens (including phenoxy) is 1. The molecular formula is C15H25NO2. The van der Waals surface area contributed by atoms with Crippen LogP contribution in [0.4, 0.5) is 0 Å². The molecule has 1 aromatic rings. The van der Waals surface area contributed by atoms with Gasteiger partial charge in [0.05, 0.1) is 13.2 Å². The Hall–Kier alpha value is -1.06. The van der Waals surface area contributed by atoms with Crippen LogP contribution in [0.15, 0.2) is 12.1 Å². The normalized spacial score (nSPS) is 12.8. The zero-order valence-electron chi connectivity index (χ0n) is 12.1. The fourth-order valence-electron chi connectivity index (χ4n) is 2.09. The number of hydrogen-bond acceptors (Lipinski definition) is 3. The number of aryl methyl sites for hydroxylation is 1. The van der Waals surface area contributed by atoms with E-state index in [2.05, 4.69) is 25.2 Å². The Morgan fingerprint density at radius 2 is 1.94 bits per heavy atom. The maximum atomic E-state index is 10.2. The summed E-state index contributed by atoms with van der Waals surface area (Å²) in [5.41, 5.74) is 3.20. The van der Waals surface area contributed by atoms with Gasteiger partial charge in [0, 0.05) is 6.54 Å². The molecule has 1 rings (SSSR count). The summed E-state index contributed by atoms with van der Waals surface area (Å²) in [4.78, 5) is 0. The molecule has 0 radical (unpaired) electrons. The van der Waals surface area contributed by atoms with Gasteiger partial charge >= 0.3 is 0 Å². The molecule has 0 aromatic heterocycles. The molecule has 0 amide bonds. The predicted molar refractivity (Wildman–Crippen MR) is 75.3 cm³/mol. The second kappa shape index (κ2) is 6.76. The quantitative estimate of drug-likeness (QED) is 0.817. The first-order chi connectivity index (χ1) is 8.51. The molecule has 1 unspecified atom stereocenters. The van der Waals surface area contributed by atoms with Gasteiger partial charge in [-0.2, -0.15) is 0 Å². The molecule has 18 heavy (non-hydrogen) atoms. The largest absolute Gasteiger partial charge is 0.496 e. The van der Waals surface area contributed by atoms with E-state index in [1.54, 1.807) is 7.11 Å². The first-order valence-corrected chi connectivity index (χ1v) is 6.58. The van der Waals surface area contributed by atoms with E-state index < -0.39 is 6.10 Å². The van der Waals surface area contributed by atoms with Crippen LogP contribution in [0, 0.1) is 6.92 Å². The number of aliphatic hydroxyl groups excluding tert-OH is 1. The van der Waals surface area contributed by atoms with Crippen LogP contribution >= 0.6 is 0 Å². The van der Waals surface area contributed by atoms with Gasteiger partial charge in [-0.05, 0) is 48.2 Å². The SMILES string of the molecule is CCNCC(O)c1cc(C(C)C)c(OC)cc1C. The van der Waals surface area contributed by atoms with E-state index in [4.69, 9.17) is 4.74 Å². The summed E-state index contributed by atoms with van der Waals surface area (Å²) >= 11 is 0. The van der Waals surface area contributed by atoms with Gasteiger partial charge < -0.3 is 15.2 Å². The zero-order chi connectivity index (χ0) is 13.7. The number of rotatable bonds is 6. The van der Waals surface area contributed by atoms with Crippen molar-refractivity contribution in [2.75, 3.05) is 20.2 Å². The molecule has 102 valence electrons. The molecular weight excluding hydrogens is 226 g/mol. The van der Waals surface area contributed by atoms with Crippen molar-refractivity contribution in [3.8, 4) is 5.75 Å². The molecule has 3 heteroatoms. The molecule has 0 aliphatic heterocycles. The first kappa shape index (κ1) is 15.0. The highest BCUT2D eigenvalue weighted by atomic mass is 16.5. The average molecular weight is 251 g/mol. The Balaban J connectivity index is 3.08. The van der Waals surface area contributed by atoms with Crippen LogP contribution in [-0.2, 0) is 0 Å². The smallest absolute Gasteiger partial charge is 0.122 e. The fraction of sp³-hybridized carbons (Fsp3) is 0.600. The van der Waals surface area contributed by atoms with Crippen LogP contribution in [0.2, 0.25) is 0 Å². The second-order valence-electron chi connectivity index (χ2n) is 4.93. The van der Waals surface area contributed by atoms with Crippen molar-refractivity contribution in [2.45, 2.75) is 39.7 Å². The molecule has 3 nitrogen and oxygen atoms in total. The lowest BCUT2D eigenvalue weighted by Gasteiger charge is -2.19. The molecule has 2 N–H and O–H groups in total. The van der Waals surface area contributed by atoms with E-state index in [0.717, 1.165) is 29.0 Å². The average Bonchev–Trinajstić information content (AvgIpc) is 2.34. The lowest BCUT2D eigenvalue weighted by atomic mass is 9.94. The Bertz CT molecular complexity index is 388. The van der Waals surface area contributed by atoms with Gasteiger partial charge in [-0.1, -0.05) is 20.8 Å². The van der Waals surface area contributed by atoms with Crippen molar-refractivity contribution >= 4 is 0 Å². The number of nitrogens with one attached hydrogen (secondary N) is 1. The number of hydrogen-bond donors (Lipinski definition) is 2. The Labute approximate surface area is 110 Å². The van der Waals surface area contributed by atoms with Gasteiger partial charge in [0.25, 0.3) is 0 Å². The van der Waals surface area contributed by atoms with Crippen LogP contribution in [0.5, 0.6) is 5.75 Å². The highest BCUT2D eigenvalue weighted by Gasteiger charge is 2.15. The molecule has 0 aliphatic rings. The monoisotopic (exact) mass is 251 g/mol. The molecule has 0 aliphatic carbocycles. The summed E-state index contributed by atoms with van der Waals surface area (Å²) in [5, 5.41) is 13.4. The van der Waals surface area contributed by atoms with Gasteiger partial charge in [-0.3, -0.25) is 0 Å². The second-order valence-corrected chi connectivity index (χ2v) is 4.93. The topological polar surface area (TPSA) is 41.5 Å². The molecule has 0 fully saturated rings. The van der Waals surface area contributed by atoms with Crippen molar-refractivity contribution in [3.05, 3.63) is 28.8 Å². The summed E-state index contributed by atoms with van der Waals surface area (Å²) in [6.45, 7) is 9.76. The van der Waals surface area contributed by atoms with Gasteiger partial charge in [0.15, 0.2) is 0 Å². The third-order valence-electron chi connectivity index (χ3n) is 3.19. The van der Waals surface area contributed by atoms with Crippen LogP contribution < -0.4 is 10.1 Å². The third-order valence-corrected chi connectivity index (χ3v) is 3.19. The highest BCUT2D eigenvalue weighted by Crippen LogP contribution is 2.31. The van der Waals surface area contributed by atoms with Crippen molar-refractivity contribution < 1.29 is 9.84 Å².